The largest absolute Gasteiger partial charge is 0.319 e. The first-order valence-electron chi connectivity index (χ1n) is 7.59. The lowest BCUT2D eigenvalue weighted by Crippen LogP contribution is -2.45. The van der Waals surface area contributed by atoms with E-state index >= 15 is 0 Å². The van der Waals surface area contributed by atoms with E-state index in [1.807, 2.05) is 0 Å². The zero-order chi connectivity index (χ0) is 13.3. The molecule has 2 aliphatic carbocycles. The highest BCUT2D eigenvalue weighted by molar-refractivity contribution is 5.89. The van der Waals surface area contributed by atoms with Crippen molar-refractivity contribution in [2.45, 2.75) is 62.8 Å². The summed E-state index contributed by atoms with van der Waals surface area (Å²) in [4.78, 5) is 12.5. The van der Waals surface area contributed by atoms with E-state index in [9.17, 15) is 4.79 Å². The summed E-state index contributed by atoms with van der Waals surface area (Å²) >= 11 is 0. The summed E-state index contributed by atoms with van der Waals surface area (Å²) in [5.41, 5.74) is 8.61. The monoisotopic (exact) mass is 257 g/mol. The molecule has 2 heteroatoms. The van der Waals surface area contributed by atoms with E-state index in [4.69, 9.17) is 5.73 Å². The lowest BCUT2D eigenvalue weighted by molar-refractivity contribution is -0.124. The summed E-state index contributed by atoms with van der Waals surface area (Å²) in [5.74, 6) is 0.699. The van der Waals surface area contributed by atoms with Gasteiger partial charge in [0, 0.05) is 6.42 Å². The number of aryl methyl sites for hydroxylation is 1. The fraction of sp³-hybridized carbons (Fsp3) is 0.588. The van der Waals surface area contributed by atoms with Crippen LogP contribution in [-0.4, -0.2) is 11.3 Å². The number of nitrogens with two attached hydrogens (primary N) is 1. The van der Waals surface area contributed by atoms with Gasteiger partial charge in [-0.05, 0) is 49.1 Å². The maximum absolute atomic E-state index is 12.5. The Morgan fingerprint density at radius 2 is 1.95 bits per heavy atom. The van der Waals surface area contributed by atoms with Crippen LogP contribution in [0, 0.1) is 0 Å². The number of carbonyl (C=O) groups excluding carboxylic acids is 1. The van der Waals surface area contributed by atoms with Gasteiger partial charge in [0.1, 0.15) is 0 Å². The molecule has 1 aromatic carbocycles. The van der Waals surface area contributed by atoms with Crippen LogP contribution >= 0.6 is 0 Å². The van der Waals surface area contributed by atoms with Gasteiger partial charge in [-0.15, -0.1) is 0 Å². The fourth-order valence-electron chi connectivity index (χ4n) is 3.78. The van der Waals surface area contributed by atoms with Crippen molar-refractivity contribution in [1.82, 2.24) is 0 Å². The zero-order valence-electron chi connectivity index (χ0n) is 11.5. The Kier molecular flexibility index (Phi) is 3.44. The van der Waals surface area contributed by atoms with Crippen LogP contribution < -0.4 is 5.73 Å². The normalized spacial score (nSPS) is 25.0. The fourth-order valence-corrected chi connectivity index (χ4v) is 3.78. The summed E-state index contributed by atoms with van der Waals surface area (Å²) in [6, 6.07) is 8.60. The topological polar surface area (TPSA) is 43.1 Å². The van der Waals surface area contributed by atoms with Gasteiger partial charge < -0.3 is 5.73 Å². The van der Waals surface area contributed by atoms with Crippen LogP contribution in [0.25, 0.3) is 0 Å². The molecule has 1 unspecified atom stereocenters. The first-order valence-corrected chi connectivity index (χ1v) is 7.59. The number of hydrogen-bond donors (Lipinski definition) is 1. The molecule has 0 spiro atoms. The van der Waals surface area contributed by atoms with Crippen LogP contribution in [0.4, 0.5) is 0 Å². The lowest BCUT2D eigenvalue weighted by atomic mass is 9.77. The van der Waals surface area contributed by atoms with Gasteiger partial charge >= 0.3 is 0 Å². The first-order chi connectivity index (χ1) is 9.19. The molecule has 1 atom stereocenters. The second-order valence-corrected chi connectivity index (χ2v) is 6.28. The highest BCUT2D eigenvalue weighted by Crippen LogP contribution is 2.37. The summed E-state index contributed by atoms with van der Waals surface area (Å²) < 4.78 is 0. The second kappa shape index (κ2) is 5.09. The average Bonchev–Trinajstić information content (AvgIpc) is 2.87. The SMILES string of the molecule is NC1(C(=O)CC2CCCc3ccccc32)CCCC1. The molecule has 0 aliphatic heterocycles. The molecule has 2 nitrogen and oxygen atoms in total. The minimum absolute atomic E-state index is 0.298. The van der Waals surface area contributed by atoms with Crippen molar-refractivity contribution in [3.8, 4) is 0 Å². The van der Waals surface area contributed by atoms with Crippen LogP contribution in [0.3, 0.4) is 0 Å². The van der Waals surface area contributed by atoms with Crippen LogP contribution in [0.1, 0.15) is 62.0 Å². The smallest absolute Gasteiger partial charge is 0.153 e. The van der Waals surface area contributed by atoms with Crippen LogP contribution in [0.5, 0.6) is 0 Å². The molecule has 3 rings (SSSR count). The zero-order valence-corrected chi connectivity index (χ0v) is 11.5. The van der Waals surface area contributed by atoms with Gasteiger partial charge in [0.05, 0.1) is 5.54 Å². The Bertz CT molecular complexity index is 474. The van der Waals surface area contributed by atoms with E-state index in [1.165, 1.54) is 17.5 Å². The number of carbonyl (C=O) groups is 1. The van der Waals surface area contributed by atoms with Crippen LogP contribution in [-0.2, 0) is 11.2 Å². The predicted molar refractivity (Wildman–Crippen MR) is 77.1 cm³/mol. The van der Waals surface area contributed by atoms with Crippen molar-refractivity contribution < 1.29 is 4.79 Å². The molecule has 0 aromatic heterocycles. The van der Waals surface area contributed by atoms with Crippen LogP contribution in [0.15, 0.2) is 24.3 Å². The van der Waals surface area contributed by atoms with Crippen molar-refractivity contribution in [2.24, 2.45) is 5.73 Å². The molecule has 1 saturated carbocycles. The molecule has 0 heterocycles. The Morgan fingerprint density at radius 1 is 1.21 bits per heavy atom. The lowest BCUT2D eigenvalue weighted by Gasteiger charge is -2.29. The van der Waals surface area contributed by atoms with Crippen molar-refractivity contribution in [3.05, 3.63) is 35.4 Å². The van der Waals surface area contributed by atoms with E-state index in [2.05, 4.69) is 24.3 Å². The summed E-state index contributed by atoms with van der Waals surface area (Å²) in [5, 5.41) is 0. The molecule has 0 saturated heterocycles. The highest BCUT2D eigenvalue weighted by Gasteiger charge is 2.38. The third-order valence-electron chi connectivity index (χ3n) is 4.98. The van der Waals surface area contributed by atoms with Gasteiger partial charge in [0.15, 0.2) is 5.78 Å². The molecule has 1 fully saturated rings. The van der Waals surface area contributed by atoms with Crippen molar-refractivity contribution >= 4 is 5.78 Å². The van der Waals surface area contributed by atoms with E-state index < -0.39 is 5.54 Å². The summed E-state index contributed by atoms with van der Waals surface area (Å²) in [6.45, 7) is 0. The second-order valence-electron chi connectivity index (χ2n) is 6.28. The molecule has 0 bridgehead atoms. The van der Waals surface area contributed by atoms with Gasteiger partial charge in [0.25, 0.3) is 0 Å². The third kappa shape index (κ3) is 2.46. The predicted octanol–water partition coefficient (Wildman–Crippen LogP) is 3.34. The van der Waals surface area contributed by atoms with Gasteiger partial charge in [0.2, 0.25) is 0 Å². The van der Waals surface area contributed by atoms with E-state index in [0.29, 0.717) is 18.1 Å². The number of hydrogen-bond acceptors (Lipinski definition) is 2. The minimum atomic E-state index is -0.508. The highest BCUT2D eigenvalue weighted by atomic mass is 16.1. The number of rotatable bonds is 3. The van der Waals surface area contributed by atoms with Crippen LogP contribution in [0.2, 0.25) is 0 Å². The van der Waals surface area contributed by atoms with Crippen molar-refractivity contribution in [1.29, 1.82) is 0 Å². The Hall–Kier alpha value is -1.15. The molecule has 2 aliphatic rings. The average molecular weight is 257 g/mol. The molecular weight excluding hydrogens is 234 g/mol. The molecule has 0 radical (unpaired) electrons. The molecule has 2 N–H and O–H groups in total. The van der Waals surface area contributed by atoms with Gasteiger partial charge in [-0.3, -0.25) is 4.79 Å². The van der Waals surface area contributed by atoms with E-state index in [-0.39, 0.29) is 0 Å². The number of ketones is 1. The summed E-state index contributed by atoms with van der Waals surface area (Å²) in [7, 11) is 0. The first kappa shape index (κ1) is 12.9. The third-order valence-corrected chi connectivity index (χ3v) is 4.98. The molecule has 19 heavy (non-hydrogen) atoms. The summed E-state index contributed by atoms with van der Waals surface area (Å²) in [6.07, 6.45) is 8.15. The quantitative estimate of drug-likeness (QED) is 0.902. The Balaban J connectivity index is 1.76. The van der Waals surface area contributed by atoms with E-state index in [0.717, 1.165) is 38.5 Å². The maximum atomic E-state index is 12.5. The minimum Gasteiger partial charge on any atom is -0.319 e. The number of fused-ring (bicyclic) bond motifs is 1. The standard InChI is InChI=1S/C17H23NO/c18-17(10-3-4-11-17)16(19)12-14-8-5-7-13-6-1-2-9-15(13)14/h1-2,6,9,14H,3-5,7-8,10-12,18H2. The Morgan fingerprint density at radius 3 is 2.74 bits per heavy atom. The molecular formula is C17H23NO. The Labute approximate surface area is 115 Å². The van der Waals surface area contributed by atoms with E-state index in [1.54, 1.807) is 0 Å². The molecule has 102 valence electrons. The molecule has 1 aromatic rings. The van der Waals surface area contributed by atoms with Gasteiger partial charge in [-0.25, -0.2) is 0 Å². The number of benzene rings is 1. The maximum Gasteiger partial charge on any atom is 0.153 e. The van der Waals surface area contributed by atoms with Gasteiger partial charge in [-0.2, -0.15) is 0 Å². The molecule has 0 amide bonds. The number of Topliss-reactive ketones (excluding diaryl/α,β-unsaturated/α-hetero) is 1. The van der Waals surface area contributed by atoms with Crippen molar-refractivity contribution in [3.63, 3.8) is 0 Å². The van der Waals surface area contributed by atoms with Gasteiger partial charge in [-0.1, -0.05) is 37.1 Å². The van der Waals surface area contributed by atoms with Crippen molar-refractivity contribution in [2.75, 3.05) is 0 Å².